The lowest BCUT2D eigenvalue weighted by Crippen LogP contribution is -2.43. The predicted octanol–water partition coefficient (Wildman–Crippen LogP) is -0.439. The first-order chi connectivity index (χ1) is 6.83. The molecule has 1 saturated heterocycles. The van der Waals surface area contributed by atoms with Gasteiger partial charge in [-0.25, -0.2) is 4.68 Å². The van der Waals surface area contributed by atoms with Crippen molar-refractivity contribution in [3.63, 3.8) is 0 Å². The molecule has 0 bridgehead atoms. The maximum atomic E-state index is 9.23. The Kier molecular flexibility index (Phi) is 2.62. The minimum Gasteiger partial charge on any atom is -0.394 e. The molecular formula is C8H15N5O. The molecule has 6 nitrogen and oxygen atoms in total. The van der Waals surface area contributed by atoms with Crippen molar-refractivity contribution < 1.29 is 5.11 Å². The molecule has 0 saturated carbocycles. The fourth-order valence-electron chi connectivity index (χ4n) is 1.92. The molecule has 6 heteroatoms. The van der Waals surface area contributed by atoms with Crippen LogP contribution >= 0.6 is 0 Å². The van der Waals surface area contributed by atoms with Gasteiger partial charge in [-0.2, -0.15) is 0 Å². The molecule has 0 aromatic carbocycles. The Morgan fingerprint density at radius 1 is 1.50 bits per heavy atom. The van der Waals surface area contributed by atoms with E-state index >= 15 is 0 Å². The van der Waals surface area contributed by atoms with Crippen LogP contribution in [0.15, 0.2) is 0 Å². The van der Waals surface area contributed by atoms with Gasteiger partial charge in [0.2, 0.25) is 5.95 Å². The Morgan fingerprint density at radius 2 is 2.36 bits per heavy atom. The Balaban J connectivity index is 2.19. The fourth-order valence-corrected chi connectivity index (χ4v) is 1.92. The number of aliphatic hydroxyl groups excluding tert-OH is 1. The largest absolute Gasteiger partial charge is 0.394 e. The standard InChI is InChI=1S/C8H15N5O/c1-12-8(9-10-11-12)13-5-3-2-4-7(13)6-14/h7,14H,2-6H2,1H3. The minimum atomic E-state index is 0.173. The van der Waals surface area contributed by atoms with E-state index in [0.29, 0.717) is 0 Å². The zero-order chi connectivity index (χ0) is 9.97. The summed E-state index contributed by atoms with van der Waals surface area (Å²) in [4.78, 5) is 2.09. The summed E-state index contributed by atoms with van der Waals surface area (Å²) in [5.74, 6) is 0.753. The molecule has 1 aromatic heterocycles. The third-order valence-corrected chi connectivity index (χ3v) is 2.69. The Morgan fingerprint density at radius 3 is 3.00 bits per heavy atom. The van der Waals surface area contributed by atoms with Crippen LogP contribution in [0.25, 0.3) is 0 Å². The fraction of sp³-hybridized carbons (Fsp3) is 0.875. The highest BCUT2D eigenvalue weighted by atomic mass is 16.3. The Labute approximate surface area is 82.5 Å². The van der Waals surface area contributed by atoms with Gasteiger partial charge in [0.25, 0.3) is 0 Å². The van der Waals surface area contributed by atoms with E-state index in [4.69, 9.17) is 0 Å². The molecule has 78 valence electrons. The summed E-state index contributed by atoms with van der Waals surface area (Å²) in [6.07, 6.45) is 3.33. The predicted molar refractivity (Wildman–Crippen MR) is 50.9 cm³/mol. The number of rotatable bonds is 2. The van der Waals surface area contributed by atoms with E-state index < -0.39 is 0 Å². The Hall–Kier alpha value is -1.17. The van der Waals surface area contributed by atoms with Crippen LogP contribution in [-0.2, 0) is 7.05 Å². The number of piperidine rings is 1. The molecule has 1 aromatic rings. The van der Waals surface area contributed by atoms with Crippen LogP contribution in [0.3, 0.4) is 0 Å². The molecule has 1 N–H and O–H groups in total. The summed E-state index contributed by atoms with van der Waals surface area (Å²) in [7, 11) is 1.82. The van der Waals surface area contributed by atoms with Gasteiger partial charge in [-0.05, 0) is 29.7 Å². The third-order valence-electron chi connectivity index (χ3n) is 2.69. The second-order valence-electron chi connectivity index (χ2n) is 3.63. The average Bonchev–Trinajstić information content (AvgIpc) is 2.64. The molecular weight excluding hydrogens is 182 g/mol. The van der Waals surface area contributed by atoms with E-state index in [1.54, 1.807) is 4.68 Å². The van der Waals surface area contributed by atoms with Crippen LogP contribution in [0.4, 0.5) is 5.95 Å². The van der Waals surface area contributed by atoms with Gasteiger partial charge >= 0.3 is 0 Å². The van der Waals surface area contributed by atoms with E-state index in [2.05, 4.69) is 20.4 Å². The zero-order valence-corrected chi connectivity index (χ0v) is 8.30. The summed E-state index contributed by atoms with van der Waals surface area (Å²) in [6.45, 7) is 1.10. The van der Waals surface area contributed by atoms with E-state index in [-0.39, 0.29) is 12.6 Å². The number of anilines is 1. The number of nitrogens with zero attached hydrogens (tertiary/aromatic N) is 5. The smallest absolute Gasteiger partial charge is 0.245 e. The van der Waals surface area contributed by atoms with Gasteiger partial charge in [-0.15, -0.1) is 0 Å². The lowest BCUT2D eigenvalue weighted by molar-refractivity contribution is 0.238. The van der Waals surface area contributed by atoms with Crippen molar-refractivity contribution in [3.8, 4) is 0 Å². The van der Waals surface area contributed by atoms with Crippen LogP contribution < -0.4 is 4.90 Å². The molecule has 2 heterocycles. The third kappa shape index (κ3) is 1.57. The summed E-state index contributed by atoms with van der Waals surface area (Å²) in [5, 5.41) is 20.6. The van der Waals surface area contributed by atoms with Crippen molar-refractivity contribution in [2.45, 2.75) is 25.3 Å². The second-order valence-corrected chi connectivity index (χ2v) is 3.63. The highest BCUT2D eigenvalue weighted by molar-refractivity contribution is 5.30. The number of aliphatic hydroxyl groups is 1. The average molecular weight is 197 g/mol. The molecule has 1 fully saturated rings. The van der Waals surface area contributed by atoms with E-state index in [1.807, 2.05) is 7.05 Å². The van der Waals surface area contributed by atoms with Crippen LogP contribution in [0, 0.1) is 0 Å². The van der Waals surface area contributed by atoms with Crippen LogP contribution in [0.1, 0.15) is 19.3 Å². The lowest BCUT2D eigenvalue weighted by Gasteiger charge is -2.34. The molecule has 2 rings (SSSR count). The zero-order valence-electron chi connectivity index (χ0n) is 8.30. The van der Waals surface area contributed by atoms with E-state index in [9.17, 15) is 5.11 Å². The van der Waals surface area contributed by atoms with Crippen LogP contribution in [0.5, 0.6) is 0 Å². The monoisotopic (exact) mass is 197 g/mol. The van der Waals surface area contributed by atoms with Crippen LogP contribution in [-0.4, -0.2) is 44.5 Å². The maximum Gasteiger partial charge on any atom is 0.245 e. The van der Waals surface area contributed by atoms with Gasteiger partial charge in [0.05, 0.1) is 12.6 Å². The summed E-state index contributed by atoms with van der Waals surface area (Å²) < 4.78 is 1.65. The summed E-state index contributed by atoms with van der Waals surface area (Å²) in [5.41, 5.74) is 0. The maximum absolute atomic E-state index is 9.23. The van der Waals surface area contributed by atoms with Gasteiger partial charge in [-0.3, -0.25) is 0 Å². The normalized spacial score (nSPS) is 22.7. The first kappa shape index (κ1) is 9.39. The SMILES string of the molecule is Cn1nnnc1N1CCCCC1CO. The quantitative estimate of drug-likeness (QED) is 0.696. The van der Waals surface area contributed by atoms with Gasteiger partial charge in [0.15, 0.2) is 0 Å². The second kappa shape index (κ2) is 3.91. The summed E-state index contributed by atoms with van der Waals surface area (Å²) >= 11 is 0. The van der Waals surface area contributed by atoms with E-state index in [1.165, 1.54) is 6.42 Å². The first-order valence-electron chi connectivity index (χ1n) is 4.93. The molecule has 0 aliphatic carbocycles. The molecule has 0 radical (unpaired) electrons. The molecule has 1 unspecified atom stereocenters. The van der Waals surface area contributed by atoms with Crippen molar-refractivity contribution in [1.29, 1.82) is 0 Å². The molecule has 0 amide bonds. The number of aromatic nitrogens is 4. The van der Waals surface area contributed by atoms with Gasteiger partial charge in [0, 0.05) is 13.6 Å². The van der Waals surface area contributed by atoms with Crippen LogP contribution in [0.2, 0.25) is 0 Å². The first-order valence-corrected chi connectivity index (χ1v) is 4.93. The van der Waals surface area contributed by atoms with Gasteiger partial charge < -0.3 is 10.0 Å². The molecule has 1 aliphatic rings. The number of tetrazole rings is 1. The highest BCUT2D eigenvalue weighted by Crippen LogP contribution is 2.21. The molecule has 14 heavy (non-hydrogen) atoms. The van der Waals surface area contributed by atoms with Crippen molar-refractivity contribution in [3.05, 3.63) is 0 Å². The Bertz CT molecular complexity index is 300. The van der Waals surface area contributed by atoms with Crippen molar-refractivity contribution in [1.82, 2.24) is 20.2 Å². The lowest BCUT2D eigenvalue weighted by atomic mass is 10.0. The highest BCUT2D eigenvalue weighted by Gasteiger charge is 2.25. The van der Waals surface area contributed by atoms with E-state index in [0.717, 1.165) is 25.3 Å². The number of hydrogen-bond donors (Lipinski definition) is 1. The summed E-state index contributed by atoms with van der Waals surface area (Å²) in [6, 6.07) is 0.174. The van der Waals surface area contributed by atoms with Crippen molar-refractivity contribution >= 4 is 5.95 Å². The topological polar surface area (TPSA) is 67.1 Å². The van der Waals surface area contributed by atoms with Crippen molar-refractivity contribution in [2.24, 2.45) is 7.05 Å². The van der Waals surface area contributed by atoms with Gasteiger partial charge in [0.1, 0.15) is 0 Å². The van der Waals surface area contributed by atoms with Gasteiger partial charge in [-0.1, -0.05) is 5.10 Å². The molecule has 1 aliphatic heterocycles. The van der Waals surface area contributed by atoms with Crippen molar-refractivity contribution in [2.75, 3.05) is 18.1 Å². The number of aryl methyl sites for hydroxylation is 1. The minimum absolute atomic E-state index is 0.173. The molecule has 1 atom stereocenters. The number of hydrogen-bond acceptors (Lipinski definition) is 5. The molecule has 0 spiro atoms.